The quantitative estimate of drug-likeness (QED) is 0.176. The molecular formula is C45H70O13. The van der Waals surface area contributed by atoms with Crippen molar-refractivity contribution in [3.8, 4) is 0 Å². The lowest BCUT2D eigenvalue weighted by Gasteiger charge is -2.51. The van der Waals surface area contributed by atoms with Gasteiger partial charge in [-0.05, 0) is 95.1 Å². The lowest BCUT2D eigenvalue weighted by Crippen LogP contribution is -2.60. The predicted octanol–water partition coefficient (Wildman–Crippen LogP) is 5.46. The molecule has 0 bridgehead atoms. The standard InChI is InChI=1S/C45H70O13/c1-25-21-35(56-45(23-25)36(47)13-12-32(55-45)24-42(7,51)41(49)50)26(2)10-11-31-15-17-43(54-31)18-16-34-40(57-43)37(48)30(6)39(53-34)33(46)22-28(4)38-27(3)14-19-44(58-38)29(5)9-8-20-52-44/h10-11,23,26-29,31-40,46-48,51H,6,8-9,12-22,24H2,1-5,7H3,(H,49,50)/b11-10+/t26-,27-,28+,29-,31+,32+,33+,34-,35+,36-,37-,38+,39+,40+,42-,43-,44-,45-/m1/s1. The Labute approximate surface area is 344 Å². The minimum atomic E-state index is -1.96. The van der Waals surface area contributed by atoms with Crippen molar-refractivity contribution >= 4 is 5.97 Å². The highest BCUT2D eigenvalue weighted by atomic mass is 16.7. The van der Waals surface area contributed by atoms with E-state index in [1.54, 1.807) is 6.08 Å². The van der Waals surface area contributed by atoms with Crippen molar-refractivity contribution < 1.29 is 63.5 Å². The summed E-state index contributed by atoms with van der Waals surface area (Å²) in [4.78, 5) is 11.6. The van der Waals surface area contributed by atoms with Crippen LogP contribution in [0.1, 0.15) is 125 Å². The third-order valence-electron chi connectivity index (χ3n) is 14.5. The zero-order valence-electron chi connectivity index (χ0n) is 35.4. The second-order valence-electron chi connectivity index (χ2n) is 19.4. The van der Waals surface area contributed by atoms with Crippen LogP contribution < -0.4 is 0 Å². The number of hydrogen-bond acceptors (Lipinski definition) is 12. The van der Waals surface area contributed by atoms with Crippen molar-refractivity contribution in [3.63, 3.8) is 0 Å². The SMILES string of the molecule is C=C1[C@@H](O)[C@H]2O[C@]3(CC[C@H](/C=C/[C@@H](C)[C@@H]4CC(C)=C[C@@]5(O[C@H](C[C@@](C)(O)C(=O)O)CC[C@H]5O)O4)O3)CC[C@H]2O[C@@H]1[C@@H](O)C[C@H](C)[C@H]1O[C@@]2(CC[C@H]1C)OCCC[C@H]2C. The molecule has 0 radical (unpaired) electrons. The summed E-state index contributed by atoms with van der Waals surface area (Å²) >= 11 is 0. The van der Waals surface area contributed by atoms with Crippen LogP contribution in [0.15, 0.2) is 36.0 Å². The molecule has 13 nitrogen and oxygen atoms in total. The van der Waals surface area contributed by atoms with Gasteiger partial charge in [-0.2, -0.15) is 0 Å². The fraction of sp³-hybridized carbons (Fsp3) is 0.844. The summed E-state index contributed by atoms with van der Waals surface area (Å²) in [6.45, 7) is 16.7. The van der Waals surface area contributed by atoms with Crippen LogP contribution in [0.2, 0.25) is 0 Å². The van der Waals surface area contributed by atoms with Gasteiger partial charge in [0.05, 0.1) is 43.2 Å². The van der Waals surface area contributed by atoms with Crippen LogP contribution in [0.3, 0.4) is 0 Å². The first kappa shape index (κ1) is 44.3. The van der Waals surface area contributed by atoms with Crippen molar-refractivity contribution in [1.82, 2.24) is 0 Å². The summed E-state index contributed by atoms with van der Waals surface area (Å²) in [5, 5.41) is 54.1. The van der Waals surface area contributed by atoms with Gasteiger partial charge in [-0.15, -0.1) is 0 Å². The van der Waals surface area contributed by atoms with Crippen LogP contribution >= 0.6 is 0 Å². The van der Waals surface area contributed by atoms with Crippen LogP contribution in [0.4, 0.5) is 0 Å². The topological polar surface area (TPSA) is 183 Å². The Balaban J connectivity index is 0.922. The molecule has 7 rings (SSSR count). The zero-order valence-corrected chi connectivity index (χ0v) is 35.4. The number of fused-ring (bicyclic) bond motifs is 1. The number of rotatable bonds is 10. The number of aliphatic hydroxyl groups is 4. The number of hydrogen-bond donors (Lipinski definition) is 5. The molecule has 328 valence electrons. The van der Waals surface area contributed by atoms with Crippen molar-refractivity contribution in [2.75, 3.05) is 6.61 Å². The zero-order chi connectivity index (χ0) is 41.8. The number of carboxylic acids is 1. The maximum absolute atomic E-state index is 11.6. The number of aliphatic hydroxyl groups excluding tert-OH is 3. The number of carbonyl (C=O) groups is 1. The maximum Gasteiger partial charge on any atom is 0.335 e. The summed E-state index contributed by atoms with van der Waals surface area (Å²) in [5.41, 5.74) is -0.554. The van der Waals surface area contributed by atoms with Crippen molar-refractivity contribution in [2.24, 2.45) is 23.7 Å². The first-order valence-electron chi connectivity index (χ1n) is 22.1. The molecular weight excluding hydrogens is 748 g/mol. The third-order valence-corrected chi connectivity index (χ3v) is 14.5. The lowest BCUT2D eigenvalue weighted by molar-refractivity contribution is -0.334. The van der Waals surface area contributed by atoms with E-state index in [2.05, 4.69) is 33.4 Å². The third kappa shape index (κ3) is 8.93. The molecule has 13 heteroatoms. The Bertz CT molecular complexity index is 1550. The van der Waals surface area contributed by atoms with Gasteiger partial charge in [-0.1, -0.05) is 52.0 Å². The van der Waals surface area contributed by atoms with Crippen molar-refractivity contribution in [2.45, 2.75) is 209 Å². The number of carboxylic acid groups (broad SMARTS) is 1. The van der Waals surface area contributed by atoms with Gasteiger partial charge in [0.15, 0.2) is 17.2 Å². The second-order valence-corrected chi connectivity index (χ2v) is 19.4. The summed E-state index contributed by atoms with van der Waals surface area (Å²) in [6, 6.07) is 0. The number of aliphatic carboxylic acids is 1. The average Bonchev–Trinajstić information content (AvgIpc) is 3.57. The van der Waals surface area contributed by atoms with Gasteiger partial charge in [-0.25, -0.2) is 4.79 Å². The normalized spacial score (nSPS) is 46.1. The molecule has 58 heavy (non-hydrogen) atoms. The van der Waals surface area contributed by atoms with E-state index in [0.29, 0.717) is 62.4 Å². The molecule has 6 saturated heterocycles. The summed E-state index contributed by atoms with van der Waals surface area (Å²) < 4.78 is 45.5. The van der Waals surface area contributed by atoms with Gasteiger partial charge < -0.3 is 58.7 Å². The summed E-state index contributed by atoms with van der Waals surface area (Å²) in [7, 11) is 0. The van der Waals surface area contributed by atoms with E-state index in [1.165, 1.54) is 6.92 Å². The molecule has 3 spiro atoms. The van der Waals surface area contributed by atoms with Crippen LogP contribution in [-0.2, 0) is 38.0 Å². The minimum Gasteiger partial charge on any atom is -0.479 e. The van der Waals surface area contributed by atoms with Crippen LogP contribution in [-0.4, -0.2) is 122 Å². The molecule has 0 unspecified atom stereocenters. The van der Waals surface area contributed by atoms with Crippen LogP contribution in [0.5, 0.6) is 0 Å². The average molecular weight is 819 g/mol. The van der Waals surface area contributed by atoms with Gasteiger partial charge in [0, 0.05) is 37.5 Å². The first-order chi connectivity index (χ1) is 27.3. The molecule has 18 atom stereocenters. The van der Waals surface area contributed by atoms with E-state index in [1.807, 2.05) is 19.9 Å². The Hall–Kier alpha value is -1.75. The molecule has 0 aromatic carbocycles. The van der Waals surface area contributed by atoms with Crippen molar-refractivity contribution in [1.29, 1.82) is 0 Å². The molecule has 0 amide bonds. The van der Waals surface area contributed by atoms with E-state index in [4.69, 9.17) is 33.2 Å². The molecule has 0 aliphatic carbocycles. The van der Waals surface area contributed by atoms with Gasteiger partial charge in [0.1, 0.15) is 24.4 Å². The van der Waals surface area contributed by atoms with E-state index >= 15 is 0 Å². The summed E-state index contributed by atoms with van der Waals surface area (Å²) in [5.74, 6) is -3.56. The lowest BCUT2D eigenvalue weighted by atomic mass is 9.78. The molecule has 7 aliphatic heterocycles. The predicted molar refractivity (Wildman–Crippen MR) is 212 cm³/mol. The molecule has 7 aliphatic rings. The van der Waals surface area contributed by atoms with E-state index in [-0.39, 0.29) is 36.6 Å². The Morgan fingerprint density at radius 1 is 1.02 bits per heavy atom. The molecule has 0 aromatic heterocycles. The first-order valence-corrected chi connectivity index (χ1v) is 22.1. The molecule has 5 N–H and O–H groups in total. The van der Waals surface area contributed by atoms with E-state index in [9.17, 15) is 30.3 Å². The van der Waals surface area contributed by atoms with Gasteiger partial charge >= 0.3 is 5.97 Å². The highest BCUT2D eigenvalue weighted by molar-refractivity contribution is 5.76. The molecule has 7 heterocycles. The fourth-order valence-electron chi connectivity index (χ4n) is 10.9. The molecule has 0 saturated carbocycles. The van der Waals surface area contributed by atoms with Crippen molar-refractivity contribution in [3.05, 3.63) is 36.0 Å². The Morgan fingerprint density at radius 3 is 2.52 bits per heavy atom. The highest BCUT2D eigenvalue weighted by Crippen LogP contribution is 2.48. The van der Waals surface area contributed by atoms with Gasteiger partial charge in [0.2, 0.25) is 5.79 Å². The van der Waals surface area contributed by atoms with E-state index < -0.39 is 71.7 Å². The van der Waals surface area contributed by atoms with Crippen LogP contribution in [0, 0.1) is 23.7 Å². The highest BCUT2D eigenvalue weighted by Gasteiger charge is 2.55. The Morgan fingerprint density at radius 2 is 1.78 bits per heavy atom. The van der Waals surface area contributed by atoms with Crippen LogP contribution in [0.25, 0.3) is 0 Å². The monoisotopic (exact) mass is 818 g/mol. The maximum atomic E-state index is 11.6. The fourth-order valence-corrected chi connectivity index (χ4v) is 10.9. The van der Waals surface area contributed by atoms with E-state index in [0.717, 1.165) is 44.3 Å². The molecule has 0 aromatic rings. The van der Waals surface area contributed by atoms with Gasteiger partial charge in [-0.3, -0.25) is 0 Å². The van der Waals surface area contributed by atoms with Gasteiger partial charge in [0.25, 0.3) is 0 Å². The smallest absolute Gasteiger partial charge is 0.335 e. The number of ether oxygens (including phenoxy) is 7. The molecule has 6 fully saturated rings. The second kappa shape index (κ2) is 17.2. The minimum absolute atomic E-state index is 0.0385. The summed E-state index contributed by atoms with van der Waals surface area (Å²) in [6.07, 6.45) is 8.36. The Kier molecular flexibility index (Phi) is 13.1. The largest absolute Gasteiger partial charge is 0.479 e.